The van der Waals surface area contributed by atoms with Gasteiger partial charge in [0, 0.05) is 30.4 Å². The molecule has 2 aromatic rings. The molecule has 0 N–H and O–H groups in total. The molecular formula is C23H27NO2. The molecule has 3 nitrogen and oxygen atoms in total. The number of ether oxygens (including phenoxy) is 1. The average Bonchev–Trinajstić information content (AvgIpc) is 2.63. The van der Waals surface area contributed by atoms with E-state index in [1.54, 1.807) is 0 Å². The van der Waals surface area contributed by atoms with Crippen LogP contribution < -0.4 is 9.64 Å². The van der Waals surface area contributed by atoms with Gasteiger partial charge >= 0.3 is 0 Å². The molecule has 0 bridgehead atoms. The molecule has 0 saturated heterocycles. The highest BCUT2D eigenvalue weighted by atomic mass is 16.5. The summed E-state index contributed by atoms with van der Waals surface area (Å²) in [5.74, 6) is 1.88. The van der Waals surface area contributed by atoms with Gasteiger partial charge in [-0.2, -0.15) is 0 Å². The minimum Gasteiger partial charge on any atom is -0.457 e. The summed E-state index contributed by atoms with van der Waals surface area (Å²) in [4.78, 5) is 14.5. The van der Waals surface area contributed by atoms with Crippen molar-refractivity contribution in [2.75, 3.05) is 11.4 Å². The van der Waals surface area contributed by atoms with Gasteiger partial charge in [-0.15, -0.1) is 0 Å². The van der Waals surface area contributed by atoms with E-state index in [0.29, 0.717) is 6.42 Å². The van der Waals surface area contributed by atoms with Crippen LogP contribution >= 0.6 is 0 Å². The number of Topliss-reactive ketones (excluding diaryl/α,β-unsaturated/α-hetero) is 1. The number of carbonyl (C=O) groups is 1. The average molecular weight is 349 g/mol. The zero-order valence-corrected chi connectivity index (χ0v) is 16.1. The fraction of sp³-hybridized carbons (Fsp3) is 0.348. The van der Waals surface area contributed by atoms with Crippen molar-refractivity contribution in [1.29, 1.82) is 0 Å². The Morgan fingerprint density at radius 3 is 2.19 bits per heavy atom. The van der Waals surface area contributed by atoms with Crippen molar-refractivity contribution < 1.29 is 9.53 Å². The number of rotatable bonds is 5. The number of allylic oxidation sites excluding steroid dienone is 1. The first-order valence-electron chi connectivity index (χ1n) is 9.26. The Balaban J connectivity index is 1.77. The monoisotopic (exact) mass is 349 g/mol. The molecule has 26 heavy (non-hydrogen) atoms. The standard InChI is InChI=1S/C23H27NO2/c1-5-22(25)21-16-24(15-14-23(21,3)4)18-8-12-20(13-9-18)26-19-10-6-17(2)7-11-19/h6-13,16H,5,14-15H2,1-4H3. The van der Waals surface area contributed by atoms with Gasteiger partial charge in [0.2, 0.25) is 0 Å². The first-order chi connectivity index (χ1) is 12.4. The Hall–Kier alpha value is -2.55. The van der Waals surface area contributed by atoms with Gasteiger partial charge in [-0.3, -0.25) is 4.79 Å². The van der Waals surface area contributed by atoms with E-state index in [-0.39, 0.29) is 11.2 Å². The van der Waals surface area contributed by atoms with Crippen LogP contribution in [0.4, 0.5) is 5.69 Å². The van der Waals surface area contributed by atoms with Crippen LogP contribution in [-0.4, -0.2) is 12.3 Å². The maximum absolute atomic E-state index is 12.3. The van der Waals surface area contributed by atoms with Crippen LogP contribution in [-0.2, 0) is 4.79 Å². The Morgan fingerprint density at radius 2 is 1.62 bits per heavy atom. The van der Waals surface area contributed by atoms with Crippen LogP contribution in [0.25, 0.3) is 0 Å². The summed E-state index contributed by atoms with van der Waals surface area (Å²) >= 11 is 0. The van der Waals surface area contributed by atoms with Crippen LogP contribution in [0.5, 0.6) is 11.5 Å². The number of nitrogens with zero attached hydrogens (tertiary/aromatic N) is 1. The number of benzene rings is 2. The molecule has 0 aromatic heterocycles. The number of ketones is 1. The Kier molecular flexibility index (Phi) is 5.17. The molecule has 3 heteroatoms. The fourth-order valence-electron chi connectivity index (χ4n) is 3.22. The minimum absolute atomic E-state index is 0.0575. The third-order valence-electron chi connectivity index (χ3n) is 5.04. The Labute approximate surface area is 156 Å². The van der Waals surface area contributed by atoms with Gasteiger partial charge in [-0.05, 0) is 55.2 Å². The van der Waals surface area contributed by atoms with E-state index in [2.05, 4.69) is 25.7 Å². The highest BCUT2D eigenvalue weighted by Crippen LogP contribution is 2.37. The number of aryl methyl sites for hydroxylation is 1. The second-order valence-corrected chi connectivity index (χ2v) is 7.56. The lowest BCUT2D eigenvalue weighted by Crippen LogP contribution is -2.34. The Bertz CT molecular complexity index is 801. The minimum atomic E-state index is -0.0575. The predicted molar refractivity (Wildman–Crippen MR) is 107 cm³/mol. The Morgan fingerprint density at radius 1 is 1.04 bits per heavy atom. The summed E-state index contributed by atoms with van der Waals surface area (Å²) in [5.41, 5.74) is 3.16. The zero-order chi connectivity index (χ0) is 18.7. The molecule has 136 valence electrons. The largest absolute Gasteiger partial charge is 0.457 e. The quantitative estimate of drug-likeness (QED) is 0.674. The predicted octanol–water partition coefficient (Wildman–Crippen LogP) is 5.89. The van der Waals surface area contributed by atoms with Crippen LogP contribution in [0.2, 0.25) is 0 Å². The molecule has 0 fully saturated rings. The number of carbonyl (C=O) groups excluding carboxylic acids is 1. The lowest BCUT2D eigenvalue weighted by Gasteiger charge is -2.37. The third kappa shape index (κ3) is 3.98. The molecule has 1 aliphatic heterocycles. The third-order valence-corrected chi connectivity index (χ3v) is 5.04. The summed E-state index contributed by atoms with van der Waals surface area (Å²) in [7, 11) is 0. The van der Waals surface area contributed by atoms with Gasteiger partial charge in [0.1, 0.15) is 11.5 Å². The molecule has 0 amide bonds. The maximum Gasteiger partial charge on any atom is 0.160 e. The van der Waals surface area contributed by atoms with Crippen LogP contribution in [0.3, 0.4) is 0 Å². The summed E-state index contributed by atoms with van der Waals surface area (Å²) in [6.07, 6.45) is 3.55. The highest BCUT2D eigenvalue weighted by Gasteiger charge is 2.32. The fourth-order valence-corrected chi connectivity index (χ4v) is 3.22. The zero-order valence-electron chi connectivity index (χ0n) is 16.1. The van der Waals surface area contributed by atoms with E-state index in [1.165, 1.54) is 5.56 Å². The van der Waals surface area contributed by atoms with Gasteiger partial charge in [0.25, 0.3) is 0 Å². The van der Waals surface area contributed by atoms with Crippen molar-refractivity contribution in [3.05, 3.63) is 65.9 Å². The second-order valence-electron chi connectivity index (χ2n) is 7.56. The second kappa shape index (κ2) is 7.36. The van der Waals surface area contributed by atoms with Gasteiger partial charge in [0.05, 0.1) is 0 Å². The van der Waals surface area contributed by atoms with Crippen molar-refractivity contribution in [1.82, 2.24) is 0 Å². The van der Waals surface area contributed by atoms with Crippen molar-refractivity contribution >= 4 is 11.5 Å². The maximum atomic E-state index is 12.3. The number of hydrogen-bond donors (Lipinski definition) is 0. The van der Waals surface area contributed by atoms with E-state index >= 15 is 0 Å². The number of hydrogen-bond acceptors (Lipinski definition) is 3. The van der Waals surface area contributed by atoms with Gasteiger partial charge in [-0.1, -0.05) is 38.5 Å². The molecule has 0 spiro atoms. The van der Waals surface area contributed by atoms with Crippen molar-refractivity contribution in [3.63, 3.8) is 0 Å². The molecule has 2 aromatic carbocycles. The molecule has 1 aliphatic rings. The van der Waals surface area contributed by atoms with Gasteiger partial charge < -0.3 is 9.64 Å². The molecular weight excluding hydrogens is 322 g/mol. The van der Waals surface area contributed by atoms with Crippen molar-refractivity contribution in [2.45, 2.75) is 40.5 Å². The summed E-state index contributed by atoms with van der Waals surface area (Å²) < 4.78 is 5.90. The van der Waals surface area contributed by atoms with Crippen LogP contribution in [0, 0.1) is 12.3 Å². The van der Waals surface area contributed by atoms with E-state index < -0.39 is 0 Å². The van der Waals surface area contributed by atoms with E-state index in [4.69, 9.17) is 4.74 Å². The summed E-state index contributed by atoms with van der Waals surface area (Å²) in [5, 5.41) is 0. The van der Waals surface area contributed by atoms with Crippen molar-refractivity contribution in [3.8, 4) is 11.5 Å². The molecule has 0 unspecified atom stereocenters. The molecule has 0 saturated carbocycles. The van der Waals surface area contributed by atoms with Crippen LogP contribution in [0.15, 0.2) is 60.3 Å². The van der Waals surface area contributed by atoms with E-state index in [0.717, 1.165) is 35.7 Å². The number of anilines is 1. The normalized spacial score (nSPS) is 16.2. The van der Waals surface area contributed by atoms with E-state index in [9.17, 15) is 4.79 Å². The van der Waals surface area contributed by atoms with Gasteiger partial charge in [-0.25, -0.2) is 0 Å². The smallest absolute Gasteiger partial charge is 0.160 e. The first-order valence-corrected chi connectivity index (χ1v) is 9.26. The first kappa shape index (κ1) is 18.2. The summed E-state index contributed by atoms with van der Waals surface area (Å²) in [6.45, 7) is 9.20. The lowest BCUT2D eigenvalue weighted by atomic mass is 9.77. The SMILES string of the molecule is CCC(=O)C1=CN(c2ccc(Oc3ccc(C)cc3)cc2)CCC1(C)C. The summed E-state index contributed by atoms with van der Waals surface area (Å²) in [6, 6.07) is 16.1. The van der Waals surface area contributed by atoms with Crippen LogP contribution in [0.1, 0.15) is 39.2 Å². The molecule has 0 radical (unpaired) electrons. The lowest BCUT2D eigenvalue weighted by molar-refractivity contribution is -0.116. The van der Waals surface area contributed by atoms with Gasteiger partial charge in [0.15, 0.2) is 5.78 Å². The topological polar surface area (TPSA) is 29.5 Å². The molecule has 0 atom stereocenters. The van der Waals surface area contributed by atoms with E-state index in [1.807, 2.05) is 61.7 Å². The highest BCUT2D eigenvalue weighted by molar-refractivity contribution is 5.97. The van der Waals surface area contributed by atoms with Crippen molar-refractivity contribution in [2.24, 2.45) is 5.41 Å². The molecule has 3 rings (SSSR count). The molecule has 1 heterocycles. The molecule has 0 aliphatic carbocycles.